The highest BCUT2D eigenvalue weighted by molar-refractivity contribution is 6.20. The van der Waals surface area contributed by atoms with Crippen LogP contribution in [0.25, 0.3) is 0 Å². The number of aromatic nitrogens is 1. The number of imide groups is 1. The van der Waals surface area contributed by atoms with Crippen LogP contribution in [-0.4, -0.2) is 59.8 Å². The lowest BCUT2D eigenvalue weighted by atomic mass is 9.98. The van der Waals surface area contributed by atoms with Gasteiger partial charge in [-0.15, -0.1) is 0 Å². The molecule has 150 valence electrons. The molecular weight excluding hydrogens is 374 g/mol. The maximum atomic E-state index is 12.7. The molecule has 0 unspecified atom stereocenters. The lowest BCUT2D eigenvalue weighted by Gasteiger charge is -2.30. The zero-order valence-electron chi connectivity index (χ0n) is 16.3. The Morgan fingerprint density at radius 3 is 2.52 bits per heavy atom. The number of carbonyl (C=O) groups excluding carboxylic acids is 3. The average molecular weight is 395 g/mol. The lowest BCUT2D eigenvalue weighted by Crippen LogP contribution is -2.39. The number of carbonyl (C=O) groups is 3. The van der Waals surface area contributed by atoms with Gasteiger partial charge in [-0.2, -0.15) is 0 Å². The average Bonchev–Trinajstić information content (AvgIpc) is 3.00. The van der Waals surface area contributed by atoms with Crippen molar-refractivity contribution < 1.29 is 23.9 Å². The normalized spacial score (nSPS) is 15.2. The third-order valence-electron chi connectivity index (χ3n) is 5.35. The molecule has 29 heavy (non-hydrogen) atoms. The zero-order valence-corrected chi connectivity index (χ0v) is 16.3. The highest BCUT2D eigenvalue weighted by Gasteiger charge is 2.37. The van der Waals surface area contributed by atoms with Crippen LogP contribution in [-0.2, 0) is 17.8 Å². The molecule has 0 atom stereocenters. The number of rotatable bonds is 5. The van der Waals surface area contributed by atoms with E-state index in [1.807, 2.05) is 12.1 Å². The molecule has 0 radical (unpaired) electrons. The molecule has 3 amide bonds. The molecule has 2 aromatic rings. The van der Waals surface area contributed by atoms with Gasteiger partial charge in [0.15, 0.2) is 11.5 Å². The largest absolute Gasteiger partial charge is 0.493 e. The highest BCUT2D eigenvalue weighted by Crippen LogP contribution is 2.33. The van der Waals surface area contributed by atoms with Crippen LogP contribution in [0.1, 0.15) is 38.4 Å². The first-order chi connectivity index (χ1) is 14.0. The van der Waals surface area contributed by atoms with E-state index in [-0.39, 0.29) is 30.1 Å². The molecule has 2 aliphatic rings. The molecule has 0 aliphatic carbocycles. The minimum atomic E-state index is -0.445. The van der Waals surface area contributed by atoms with Crippen LogP contribution < -0.4 is 9.47 Å². The molecule has 0 saturated carbocycles. The van der Waals surface area contributed by atoms with Crippen molar-refractivity contribution in [1.29, 1.82) is 0 Å². The molecule has 2 aliphatic heterocycles. The maximum Gasteiger partial charge on any atom is 0.280 e. The van der Waals surface area contributed by atoms with Crippen molar-refractivity contribution in [2.24, 2.45) is 0 Å². The summed E-state index contributed by atoms with van der Waals surface area (Å²) in [6, 6.07) is 7.03. The monoisotopic (exact) mass is 395 g/mol. The first-order valence-corrected chi connectivity index (χ1v) is 9.36. The Labute approximate surface area is 168 Å². The van der Waals surface area contributed by atoms with Crippen LogP contribution >= 0.6 is 0 Å². The Hall–Kier alpha value is -3.42. The number of nitrogens with zero attached hydrogens (tertiary/aromatic N) is 3. The van der Waals surface area contributed by atoms with E-state index in [0.717, 1.165) is 16.0 Å². The number of fused-ring (bicyclic) bond motifs is 2. The minimum Gasteiger partial charge on any atom is -0.493 e. The summed E-state index contributed by atoms with van der Waals surface area (Å²) in [6.07, 6.45) is 2.26. The Morgan fingerprint density at radius 1 is 1.10 bits per heavy atom. The fraction of sp³-hybridized carbons (Fsp3) is 0.333. The number of hydrogen-bond acceptors (Lipinski definition) is 6. The van der Waals surface area contributed by atoms with Crippen molar-refractivity contribution in [2.45, 2.75) is 19.4 Å². The lowest BCUT2D eigenvalue weighted by molar-refractivity contribution is -0.132. The van der Waals surface area contributed by atoms with E-state index in [2.05, 4.69) is 4.98 Å². The van der Waals surface area contributed by atoms with Gasteiger partial charge in [0.2, 0.25) is 5.91 Å². The van der Waals surface area contributed by atoms with Gasteiger partial charge >= 0.3 is 0 Å². The highest BCUT2D eigenvalue weighted by atomic mass is 16.5. The molecule has 0 spiro atoms. The second kappa shape index (κ2) is 7.54. The molecule has 1 aromatic heterocycles. The zero-order chi connectivity index (χ0) is 20.5. The molecule has 1 aromatic carbocycles. The number of amides is 3. The maximum absolute atomic E-state index is 12.7. The Morgan fingerprint density at radius 2 is 1.83 bits per heavy atom. The van der Waals surface area contributed by atoms with Gasteiger partial charge in [0.25, 0.3) is 11.8 Å². The van der Waals surface area contributed by atoms with E-state index >= 15 is 0 Å². The number of methoxy groups -OCH3 is 2. The third kappa shape index (κ3) is 3.30. The van der Waals surface area contributed by atoms with Crippen LogP contribution in [0.15, 0.2) is 30.5 Å². The first kappa shape index (κ1) is 18.9. The van der Waals surface area contributed by atoms with Crippen molar-refractivity contribution in [1.82, 2.24) is 14.8 Å². The Kier molecular flexibility index (Phi) is 4.92. The van der Waals surface area contributed by atoms with E-state index in [1.54, 1.807) is 31.3 Å². The fourth-order valence-electron chi connectivity index (χ4n) is 3.78. The van der Waals surface area contributed by atoms with E-state index < -0.39 is 11.8 Å². The summed E-state index contributed by atoms with van der Waals surface area (Å²) in [5.74, 6) is 0.352. The van der Waals surface area contributed by atoms with Gasteiger partial charge in [0.1, 0.15) is 5.69 Å². The van der Waals surface area contributed by atoms with Gasteiger partial charge in [-0.05, 0) is 41.8 Å². The standard InChI is InChI=1S/C21H21N3O5/c1-28-16-10-13-5-8-23(12-14(13)11-17(16)29-2)18(25)6-9-24-20(26)15-4-3-7-22-19(15)21(24)27/h3-4,7,10-11H,5-6,8-9,12H2,1-2H3. The fourth-order valence-corrected chi connectivity index (χ4v) is 3.78. The number of ether oxygens (including phenoxy) is 2. The van der Waals surface area contributed by atoms with Gasteiger partial charge in [-0.25, -0.2) is 0 Å². The van der Waals surface area contributed by atoms with Crippen molar-refractivity contribution >= 4 is 17.7 Å². The summed E-state index contributed by atoms with van der Waals surface area (Å²) in [5.41, 5.74) is 2.57. The number of benzene rings is 1. The Bertz CT molecular complexity index is 969. The van der Waals surface area contributed by atoms with E-state index in [4.69, 9.17) is 9.47 Å². The predicted molar refractivity (Wildman–Crippen MR) is 103 cm³/mol. The molecule has 4 rings (SSSR count). The van der Waals surface area contributed by atoms with Gasteiger partial charge in [-0.3, -0.25) is 24.3 Å². The first-order valence-electron chi connectivity index (χ1n) is 9.36. The van der Waals surface area contributed by atoms with Crippen molar-refractivity contribution in [3.63, 3.8) is 0 Å². The molecule has 0 N–H and O–H groups in total. The SMILES string of the molecule is COc1cc2c(cc1OC)CN(C(=O)CCN1C(=O)c3cccnc3C1=O)CC2. The summed E-state index contributed by atoms with van der Waals surface area (Å²) < 4.78 is 10.7. The van der Waals surface area contributed by atoms with Crippen LogP contribution in [0.2, 0.25) is 0 Å². The van der Waals surface area contributed by atoms with Gasteiger partial charge in [-0.1, -0.05) is 0 Å². The summed E-state index contributed by atoms with van der Waals surface area (Å²) in [5, 5.41) is 0. The van der Waals surface area contributed by atoms with E-state index in [1.165, 1.54) is 6.20 Å². The van der Waals surface area contributed by atoms with Crippen molar-refractivity contribution in [2.75, 3.05) is 27.3 Å². The second-order valence-corrected chi connectivity index (χ2v) is 6.95. The molecule has 0 bridgehead atoms. The van der Waals surface area contributed by atoms with Crippen LogP contribution in [0, 0.1) is 0 Å². The molecule has 0 fully saturated rings. The summed E-state index contributed by atoms with van der Waals surface area (Å²) >= 11 is 0. The van der Waals surface area contributed by atoms with Crippen molar-refractivity contribution in [3.8, 4) is 11.5 Å². The minimum absolute atomic E-state index is 0.0438. The predicted octanol–water partition coefficient (Wildman–Crippen LogP) is 1.67. The van der Waals surface area contributed by atoms with Crippen LogP contribution in [0.4, 0.5) is 0 Å². The van der Waals surface area contributed by atoms with E-state index in [9.17, 15) is 14.4 Å². The molecule has 3 heterocycles. The molecule has 8 nitrogen and oxygen atoms in total. The molecule has 8 heteroatoms. The van der Waals surface area contributed by atoms with E-state index in [0.29, 0.717) is 31.0 Å². The second-order valence-electron chi connectivity index (χ2n) is 6.95. The van der Waals surface area contributed by atoms with Crippen LogP contribution in [0.5, 0.6) is 11.5 Å². The summed E-state index contributed by atoms with van der Waals surface area (Å²) in [7, 11) is 3.17. The number of pyridine rings is 1. The van der Waals surface area contributed by atoms with Gasteiger partial charge in [0, 0.05) is 32.3 Å². The van der Waals surface area contributed by atoms with Crippen LogP contribution in [0.3, 0.4) is 0 Å². The third-order valence-corrected chi connectivity index (χ3v) is 5.35. The summed E-state index contributed by atoms with van der Waals surface area (Å²) in [4.78, 5) is 44.3. The van der Waals surface area contributed by atoms with Gasteiger partial charge < -0.3 is 14.4 Å². The smallest absolute Gasteiger partial charge is 0.280 e. The van der Waals surface area contributed by atoms with Gasteiger partial charge in [0.05, 0.1) is 19.8 Å². The number of hydrogen-bond donors (Lipinski definition) is 0. The Balaban J connectivity index is 1.42. The molecule has 0 saturated heterocycles. The quantitative estimate of drug-likeness (QED) is 0.716. The summed E-state index contributed by atoms with van der Waals surface area (Å²) in [6.45, 7) is 1.07. The topological polar surface area (TPSA) is 89.0 Å². The molecular formula is C21H21N3O5. The van der Waals surface area contributed by atoms with Crippen molar-refractivity contribution in [3.05, 3.63) is 52.8 Å².